The average molecular weight is 578 g/mol. The lowest BCUT2D eigenvalue weighted by Crippen LogP contribution is -2.41. The maximum absolute atomic E-state index is 12.6. The minimum atomic E-state index is -3.44. The van der Waals surface area contributed by atoms with Gasteiger partial charge in [-0.05, 0) is 64.9 Å². The lowest BCUT2D eigenvalue weighted by molar-refractivity contribution is -0.117. The Hall–Kier alpha value is -1.72. The van der Waals surface area contributed by atoms with Crippen LogP contribution in [0.1, 0.15) is 68.7 Å². The Balaban J connectivity index is -0.000000635. The minimum absolute atomic E-state index is 0.353. The summed E-state index contributed by atoms with van der Waals surface area (Å²) in [5.74, 6) is 0.661. The SMILES string of the molecule is CC.CC/C(C)=C/C(=C\C(C)=C(/C)S(=O)(=O)N1CCOCC1)OC.CCN(CC)CCN(C)C=O.CCOC. The number of sulfonamides is 1. The smallest absolute Gasteiger partial charge is 0.239 e. The van der Waals surface area contributed by atoms with Crippen LogP contribution in [0.3, 0.4) is 0 Å². The first-order valence-corrected chi connectivity index (χ1v) is 15.5. The Labute approximate surface area is 240 Å². The van der Waals surface area contributed by atoms with Gasteiger partial charge in [0, 0.05) is 46.9 Å². The topological polar surface area (TPSA) is 88.6 Å². The molecule has 232 valence electrons. The number of likely N-dealkylation sites (N-methyl/N-ethyl adjacent to an activating group) is 2. The average Bonchev–Trinajstić information content (AvgIpc) is 2.98. The second-order valence-electron chi connectivity index (χ2n) is 8.54. The molecule has 0 aromatic carbocycles. The summed E-state index contributed by atoms with van der Waals surface area (Å²) in [5.41, 5.74) is 1.86. The van der Waals surface area contributed by atoms with E-state index < -0.39 is 10.0 Å². The molecule has 1 fully saturated rings. The quantitative estimate of drug-likeness (QED) is 0.174. The largest absolute Gasteiger partial charge is 0.497 e. The van der Waals surface area contributed by atoms with E-state index in [1.165, 1.54) is 9.88 Å². The molecule has 1 rings (SSSR count). The molecule has 0 unspecified atom stereocenters. The van der Waals surface area contributed by atoms with Crippen molar-refractivity contribution in [1.82, 2.24) is 14.1 Å². The molecule has 1 saturated heterocycles. The second-order valence-corrected chi connectivity index (χ2v) is 10.6. The van der Waals surface area contributed by atoms with E-state index >= 15 is 0 Å². The molecule has 1 aliphatic rings. The zero-order chi connectivity index (χ0) is 30.9. The molecule has 1 heterocycles. The summed E-state index contributed by atoms with van der Waals surface area (Å²) in [6.45, 7) is 24.2. The van der Waals surface area contributed by atoms with Crippen molar-refractivity contribution in [2.45, 2.75) is 68.7 Å². The zero-order valence-corrected chi connectivity index (χ0v) is 27.8. The number of carbonyl (C=O) groups excluding carboxylic acids is 1. The van der Waals surface area contributed by atoms with Crippen LogP contribution in [0, 0.1) is 0 Å². The van der Waals surface area contributed by atoms with Gasteiger partial charge in [0.05, 0.1) is 25.2 Å². The van der Waals surface area contributed by atoms with Crippen LogP contribution < -0.4 is 0 Å². The van der Waals surface area contributed by atoms with Crippen LogP contribution in [-0.4, -0.2) is 109 Å². The Morgan fingerprint density at radius 3 is 1.85 bits per heavy atom. The molecule has 0 spiro atoms. The van der Waals surface area contributed by atoms with Crippen LogP contribution in [-0.2, 0) is 29.0 Å². The number of ether oxygens (including phenoxy) is 3. The number of morpholine rings is 1. The van der Waals surface area contributed by atoms with E-state index in [1.807, 2.05) is 33.8 Å². The molecular formula is C29H59N3O6S. The van der Waals surface area contributed by atoms with E-state index in [4.69, 9.17) is 9.47 Å². The molecule has 0 aromatic rings. The van der Waals surface area contributed by atoms with Gasteiger partial charge < -0.3 is 24.0 Å². The molecule has 0 atom stereocenters. The Morgan fingerprint density at radius 1 is 0.949 bits per heavy atom. The predicted molar refractivity (Wildman–Crippen MR) is 164 cm³/mol. The van der Waals surface area contributed by atoms with Crippen molar-refractivity contribution in [2.75, 3.05) is 80.4 Å². The molecule has 39 heavy (non-hydrogen) atoms. The normalized spacial score (nSPS) is 15.0. The highest BCUT2D eigenvalue weighted by Gasteiger charge is 2.26. The van der Waals surface area contributed by atoms with E-state index in [9.17, 15) is 13.2 Å². The summed E-state index contributed by atoms with van der Waals surface area (Å²) in [4.78, 5) is 14.5. The molecule has 9 nitrogen and oxygen atoms in total. The third kappa shape index (κ3) is 19.9. The van der Waals surface area contributed by atoms with Gasteiger partial charge in [-0.1, -0.05) is 40.2 Å². The van der Waals surface area contributed by atoms with E-state index in [-0.39, 0.29) is 0 Å². The molecule has 0 radical (unpaired) electrons. The molecule has 10 heteroatoms. The molecule has 1 aliphatic heterocycles. The van der Waals surface area contributed by atoms with Gasteiger partial charge in [-0.3, -0.25) is 4.79 Å². The number of methoxy groups -OCH3 is 2. The van der Waals surface area contributed by atoms with Gasteiger partial charge >= 0.3 is 0 Å². The van der Waals surface area contributed by atoms with Crippen LogP contribution in [0.2, 0.25) is 0 Å². The molecule has 0 aliphatic carbocycles. The molecular weight excluding hydrogens is 518 g/mol. The van der Waals surface area contributed by atoms with Gasteiger partial charge in [-0.25, -0.2) is 8.42 Å². The molecule has 0 saturated carbocycles. The van der Waals surface area contributed by atoms with Gasteiger partial charge in [0.25, 0.3) is 0 Å². The molecule has 0 bridgehead atoms. The highest BCUT2D eigenvalue weighted by Crippen LogP contribution is 2.20. The highest BCUT2D eigenvalue weighted by molar-refractivity contribution is 7.93. The molecule has 0 aromatic heterocycles. The number of allylic oxidation sites excluding steroid dienone is 5. The zero-order valence-electron chi connectivity index (χ0n) is 27.0. The maximum Gasteiger partial charge on any atom is 0.239 e. The summed E-state index contributed by atoms with van der Waals surface area (Å²) in [6.07, 6.45) is 5.49. The number of rotatable bonds is 13. The lowest BCUT2D eigenvalue weighted by atomic mass is 10.2. The van der Waals surface area contributed by atoms with E-state index in [2.05, 4.69) is 30.4 Å². The summed E-state index contributed by atoms with van der Waals surface area (Å²) >= 11 is 0. The van der Waals surface area contributed by atoms with Crippen molar-refractivity contribution in [3.63, 3.8) is 0 Å². The maximum atomic E-state index is 12.6. The third-order valence-electron chi connectivity index (χ3n) is 5.93. The van der Waals surface area contributed by atoms with Gasteiger partial charge in [0.2, 0.25) is 16.4 Å². The van der Waals surface area contributed by atoms with Crippen LogP contribution in [0.4, 0.5) is 0 Å². The van der Waals surface area contributed by atoms with Gasteiger partial charge in [-0.15, -0.1) is 0 Å². The van der Waals surface area contributed by atoms with Crippen LogP contribution in [0.5, 0.6) is 0 Å². The fourth-order valence-corrected chi connectivity index (χ4v) is 4.38. The Morgan fingerprint density at radius 2 is 1.46 bits per heavy atom. The van der Waals surface area contributed by atoms with Crippen LogP contribution in [0.25, 0.3) is 0 Å². The van der Waals surface area contributed by atoms with Gasteiger partial charge in [0.15, 0.2) is 0 Å². The predicted octanol–water partition coefficient (Wildman–Crippen LogP) is 4.92. The number of hydrogen-bond acceptors (Lipinski definition) is 7. The summed E-state index contributed by atoms with van der Waals surface area (Å²) in [7, 11) is 1.63. The third-order valence-corrected chi connectivity index (χ3v) is 8.07. The van der Waals surface area contributed by atoms with Crippen molar-refractivity contribution in [3.05, 3.63) is 34.0 Å². The van der Waals surface area contributed by atoms with Crippen molar-refractivity contribution < 1.29 is 27.4 Å². The van der Waals surface area contributed by atoms with Crippen molar-refractivity contribution in [2.24, 2.45) is 0 Å². The van der Waals surface area contributed by atoms with E-state index in [0.29, 0.717) is 42.5 Å². The lowest BCUT2D eigenvalue weighted by Gasteiger charge is -2.26. The minimum Gasteiger partial charge on any atom is -0.497 e. The van der Waals surface area contributed by atoms with Crippen molar-refractivity contribution in [3.8, 4) is 0 Å². The Bertz CT molecular complexity index is 798. The number of carbonyl (C=O) groups is 1. The fourth-order valence-electron chi connectivity index (χ4n) is 2.90. The highest BCUT2D eigenvalue weighted by atomic mass is 32.2. The van der Waals surface area contributed by atoms with Crippen LogP contribution in [0.15, 0.2) is 34.0 Å². The van der Waals surface area contributed by atoms with Gasteiger partial charge in [0.1, 0.15) is 5.76 Å². The molecule has 0 N–H and O–H groups in total. The summed E-state index contributed by atoms with van der Waals surface area (Å²) in [5, 5.41) is 0. The van der Waals surface area contributed by atoms with Crippen molar-refractivity contribution in [1.29, 1.82) is 0 Å². The number of amides is 1. The standard InChI is InChI=1S/C16H27NO4S.C8H18N2O.C3H8O.C2H6/c1-6-13(2)11-16(20-5)12-14(3)15(4)22(18,19)17-7-9-21-10-8-17;1-4-10(5-2)7-6-9(3)8-11;1-3-4-2;1-2/h11-12H,6-10H2,1-5H3;8H,4-7H2,1-3H3;3H2,1-2H3;1-2H3/b13-11+,15-14+,16-12+;;;. The number of nitrogens with zero attached hydrogens (tertiary/aromatic N) is 3. The molecule has 1 amide bonds. The van der Waals surface area contributed by atoms with E-state index in [1.54, 1.807) is 46.1 Å². The first-order valence-electron chi connectivity index (χ1n) is 14.0. The first kappa shape index (κ1) is 41.8. The van der Waals surface area contributed by atoms with Crippen LogP contribution >= 0.6 is 0 Å². The van der Waals surface area contributed by atoms with Gasteiger partial charge in [-0.2, -0.15) is 4.31 Å². The monoisotopic (exact) mass is 577 g/mol. The van der Waals surface area contributed by atoms with E-state index in [0.717, 1.165) is 45.6 Å². The van der Waals surface area contributed by atoms with Crippen molar-refractivity contribution >= 4 is 16.4 Å². The summed E-state index contributed by atoms with van der Waals surface area (Å²) in [6, 6.07) is 0. The fraction of sp³-hybridized carbons (Fsp3) is 0.759. The first-order chi connectivity index (χ1) is 18.5. The Kier molecular flexibility index (Phi) is 28.4. The summed E-state index contributed by atoms with van der Waals surface area (Å²) < 4.78 is 41.8. The second kappa shape index (κ2) is 26.5. The number of hydrogen-bond donors (Lipinski definition) is 0.